The van der Waals surface area contributed by atoms with Crippen molar-refractivity contribution in [1.29, 1.82) is 0 Å². The van der Waals surface area contributed by atoms with E-state index in [0.717, 1.165) is 42.4 Å². The standard InChI is InChI=1S/C21H20P.C16H25BN2O4.C14H15N3O4S.2C12H13N3O3S.C5H4BrNO2S/c1-2-18-22(19-12-6-3-7-13-19,20-14-8-4-9-15-20)21-16-10-5-11-17-21;1-7-8-21-19-12-10-18(14(19)20)9-11(2)13(12)17-22-15(3,4)16(5,6)23-17;1-3-6-21-17-10-7-16(14(17)19)5-4-9(10)12-11(13(18)20-2)15-8-22-12;2*1-14-8-5-15(12(14)17)4-3-7(8)10-9(11(16)18-2)13-6-19-10;1-9-5(8)3-4(6)10-2-7-3/h2-18H,1H3;7,12H,1,8-10H2,2-6H3;3-4,8,10H,1,5-7H2,2H3;2*3,6,8H,4-5H2,1-2H3;2H,1H3/q+1;;;;;/b18-2+;;;;;. The van der Waals surface area contributed by atoms with Gasteiger partial charge in [0.2, 0.25) is 0 Å². The van der Waals surface area contributed by atoms with Crippen LogP contribution in [-0.2, 0) is 37.9 Å². The number of likely N-dealkylation sites (N-methyl/N-ethyl adjacent to an activating group) is 2. The number of methoxy groups -OCH3 is 4. The van der Waals surface area contributed by atoms with E-state index in [1.165, 1.54) is 99.8 Å². The maximum absolute atomic E-state index is 12.4. The fourth-order valence-electron chi connectivity index (χ4n) is 14.2. The summed E-state index contributed by atoms with van der Waals surface area (Å²) in [6, 6.07) is 32.0. The number of halogens is 1. The summed E-state index contributed by atoms with van der Waals surface area (Å²) >= 11 is 8.68. The second-order valence-corrected chi connectivity index (χ2v) is 35.9. The van der Waals surface area contributed by atoms with Crippen molar-refractivity contribution in [3.63, 3.8) is 0 Å². The van der Waals surface area contributed by atoms with Crippen molar-refractivity contribution in [3.05, 3.63) is 221 Å². The van der Waals surface area contributed by atoms with E-state index in [9.17, 15) is 38.4 Å². The van der Waals surface area contributed by atoms with Crippen LogP contribution in [0.4, 0.5) is 19.2 Å². The highest BCUT2D eigenvalue weighted by molar-refractivity contribution is 9.11. The summed E-state index contributed by atoms with van der Waals surface area (Å²) in [7, 11) is 6.71. The van der Waals surface area contributed by atoms with Crippen molar-refractivity contribution in [2.45, 2.75) is 76.9 Å². The molecule has 9 aliphatic heterocycles. The Balaban J connectivity index is 0.000000138. The Bertz CT molecular complexity index is 4700. The predicted molar refractivity (Wildman–Crippen MR) is 449 cm³/mol. The SMILES string of the molecule is C/C=C/[P+](c1ccccc1)(c1ccccc1)c1ccccc1.C=CCON1C(=O)N2CC(C)=C(B3OC(C)(C)C(C)(C)O3)C1C2.C=CCON1C(=O)N2CC=C(c3scnc3C(=O)OC)C1C2.COC(=O)c1ncsc1Br.COC(=O)c1ncsc1C1=CCN2CC1N(C)C2=O.COC(=O)c1ncsc1C1=CCN2CC1N(C)C2=O. The summed E-state index contributed by atoms with van der Waals surface area (Å²) in [4.78, 5) is 134. The second-order valence-electron chi connectivity index (χ2n) is 27.9. The van der Waals surface area contributed by atoms with Crippen LogP contribution >= 0.6 is 68.5 Å². The minimum absolute atomic E-state index is 0.00916. The molecule has 0 N–H and O–H groups in total. The lowest BCUT2D eigenvalue weighted by Crippen LogP contribution is -2.42. The van der Waals surface area contributed by atoms with Gasteiger partial charge in [0, 0.05) is 59.9 Å². The number of esters is 4. The summed E-state index contributed by atoms with van der Waals surface area (Å²) in [6.07, 6.45) is 11.3. The molecule has 4 unspecified atom stereocenters. The Morgan fingerprint density at radius 3 is 1.23 bits per heavy atom. The summed E-state index contributed by atoms with van der Waals surface area (Å²) in [5.41, 5.74) is 11.9. The minimum atomic E-state index is -1.73. The van der Waals surface area contributed by atoms with Crippen LogP contribution in [0.5, 0.6) is 0 Å². The number of rotatable bonds is 18. The van der Waals surface area contributed by atoms with Gasteiger partial charge in [0.25, 0.3) is 0 Å². The summed E-state index contributed by atoms with van der Waals surface area (Å²) < 4.78 is 31.8. The van der Waals surface area contributed by atoms with Crippen LogP contribution in [0.1, 0.15) is 98.1 Å². The Kier molecular flexibility index (Phi) is 28.3. The molecule has 4 aromatic heterocycles. The largest absolute Gasteiger partial charge is 0.492 e. The highest BCUT2D eigenvalue weighted by atomic mass is 79.9. The van der Waals surface area contributed by atoms with E-state index < -0.39 is 49.5 Å². The van der Waals surface area contributed by atoms with Crippen LogP contribution in [0.25, 0.3) is 16.7 Å². The van der Waals surface area contributed by atoms with Gasteiger partial charge in [0.1, 0.15) is 33.0 Å². The molecule has 13 heterocycles. The normalized spacial score (nSPS) is 19.8. The van der Waals surface area contributed by atoms with Crippen molar-refractivity contribution in [2.75, 3.05) is 108 Å². The zero-order valence-electron chi connectivity index (χ0n) is 65.7. The highest BCUT2D eigenvalue weighted by Crippen LogP contribution is 2.57. The molecule has 35 heteroatoms. The number of ether oxygens (including phenoxy) is 4. The van der Waals surface area contributed by atoms with Crippen LogP contribution in [0.2, 0.25) is 0 Å². The molecule has 8 amide bonds. The molecule has 8 bridgehead atoms. The van der Waals surface area contributed by atoms with Crippen molar-refractivity contribution in [3.8, 4) is 0 Å². The maximum atomic E-state index is 12.4. The van der Waals surface area contributed by atoms with E-state index in [-0.39, 0.29) is 60.6 Å². The van der Waals surface area contributed by atoms with Gasteiger partial charge in [0.15, 0.2) is 22.8 Å². The molecule has 0 saturated carbocycles. The molecule has 16 rings (SSSR count). The monoisotopic (exact) mass is 1720 g/mol. The van der Waals surface area contributed by atoms with E-state index in [1.54, 1.807) is 77.7 Å². The van der Waals surface area contributed by atoms with E-state index in [4.69, 9.17) is 33.2 Å². The molecule has 28 nitrogen and oxygen atoms in total. The number of benzene rings is 3. The third kappa shape index (κ3) is 17.9. The molecular weight excluding hydrogens is 1630 g/mol. The van der Waals surface area contributed by atoms with Gasteiger partial charge in [-0.3, -0.25) is 9.68 Å². The van der Waals surface area contributed by atoms with Crippen LogP contribution in [0.15, 0.2) is 183 Å². The first kappa shape index (κ1) is 86.0. The highest BCUT2D eigenvalue weighted by Gasteiger charge is 2.58. The smallest absolute Gasteiger partial charge is 0.464 e. The predicted octanol–water partition coefficient (Wildman–Crippen LogP) is 12.1. The summed E-state index contributed by atoms with van der Waals surface area (Å²) in [5.74, 6) is 0.640. The second kappa shape index (κ2) is 37.8. The Morgan fingerprint density at radius 2 is 0.861 bits per heavy atom. The molecule has 115 heavy (non-hydrogen) atoms. The number of aromatic nitrogens is 4. The van der Waals surface area contributed by atoms with Gasteiger partial charge >= 0.3 is 55.1 Å². The van der Waals surface area contributed by atoms with Crippen molar-refractivity contribution < 1.29 is 76.3 Å². The maximum Gasteiger partial charge on any atom is 0.492 e. The topological polar surface area (TPSA) is 288 Å². The molecule has 0 aliphatic carbocycles. The minimum Gasteiger partial charge on any atom is -0.464 e. The lowest BCUT2D eigenvalue weighted by atomic mass is 9.70. The molecule has 604 valence electrons. The van der Waals surface area contributed by atoms with Gasteiger partial charge in [-0.15, -0.1) is 58.5 Å². The first-order valence-electron chi connectivity index (χ1n) is 36.5. The van der Waals surface area contributed by atoms with Crippen LogP contribution in [-0.4, -0.2) is 258 Å². The average Bonchev–Trinajstić information content (AvgIpc) is 1.67. The van der Waals surface area contributed by atoms with E-state index in [0.29, 0.717) is 79.8 Å². The van der Waals surface area contributed by atoms with E-state index in [1.807, 2.05) is 52.8 Å². The van der Waals surface area contributed by atoms with Gasteiger partial charge in [-0.1, -0.05) is 96.6 Å². The van der Waals surface area contributed by atoms with Gasteiger partial charge in [0.05, 0.1) is 120 Å². The van der Waals surface area contributed by atoms with Crippen LogP contribution in [0, 0.1) is 0 Å². The van der Waals surface area contributed by atoms with Crippen molar-refractivity contribution in [1.82, 2.24) is 59.5 Å². The average molecular weight is 1730 g/mol. The first-order chi connectivity index (χ1) is 55.2. The number of allylic oxidation sites excluding steroid dienone is 1. The Labute approximate surface area is 693 Å². The van der Waals surface area contributed by atoms with E-state index in [2.05, 4.69) is 164 Å². The number of nitrogens with zero attached hydrogens (tertiary/aromatic N) is 12. The molecule has 4 atom stereocenters. The fraction of sp³-hybridized carbons (Fsp3) is 0.350. The molecule has 9 aliphatic rings. The van der Waals surface area contributed by atoms with Gasteiger partial charge in [-0.2, -0.15) is 10.1 Å². The Hall–Kier alpha value is -9.87. The van der Waals surface area contributed by atoms with Crippen molar-refractivity contribution >= 4 is 156 Å². The van der Waals surface area contributed by atoms with Gasteiger partial charge in [-0.05, 0) is 116 Å². The first-order valence-corrected chi connectivity index (χ1v) is 42.7. The summed E-state index contributed by atoms with van der Waals surface area (Å²) in [5, 5.41) is 6.97. The molecule has 5 saturated heterocycles. The number of fused-ring (bicyclic) bond motifs is 8. The van der Waals surface area contributed by atoms with Gasteiger partial charge in [-0.25, -0.2) is 58.3 Å². The van der Waals surface area contributed by atoms with Crippen LogP contribution < -0.4 is 15.9 Å². The number of hydrogen-bond acceptors (Lipinski definition) is 24. The van der Waals surface area contributed by atoms with Crippen molar-refractivity contribution in [2.24, 2.45) is 0 Å². The number of urea groups is 4. The number of hydroxylamine groups is 4. The summed E-state index contributed by atoms with van der Waals surface area (Å²) in [6.45, 7) is 24.7. The molecule has 7 aromatic rings. The molecule has 3 aromatic carbocycles. The zero-order valence-corrected chi connectivity index (χ0v) is 71.5. The van der Waals surface area contributed by atoms with Gasteiger partial charge < -0.3 is 57.7 Å². The van der Waals surface area contributed by atoms with E-state index >= 15 is 0 Å². The van der Waals surface area contributed by atoms with Crippen LogP contribution in [0.3, 0.4) is 0 Å². The lowest BCUT2D eigenvalue weighted by molar-refractivity contribution is -0.109. The molecular formula is C80H90BBrN12O16PS4+. The molecule has 0 spiro atoms. The third-order valence-corrected chi connectivity index (χ3v) is 28.9. The number of amides is 8. The third-order valence-electron chi connectivity index (χ3n) is 20.6. The Morgan fingerprint density at radius 1 is 0.522 bits per heavy atom. The number of carbonyl (C=O) groups is 8. The molecule has 0 radical (unpaired) electrons. The quantitative estimate of drug-likeness (QED) is 0.0253. The lowest BCUT2D eigenvalue weighted by Gasteiger charge is -2.32. The fourth-order valence-corrected chi connectivity index (χ4v) is 21.6. The number of thiazole rings is 4. The molecule has 5 fully saturated rings. The number of carbonyl (C=O) groups excluding carboxylic acids is 8. The zero-order chi connectivity index (χ0) is 82.6. The number of hydrogen-bond donors (Lipinski definition) is 0.